The molecule has 0 unspecified atom stereocenters. The van der Waals surface area contributed by atoms with Gasteiger partial charge < -0.3 is 10.6 Å². The molecule has 14 heavy (non-hydrogen) atoms. The second-order valence-corrected chi connectivity index (χ2v) is 4.35. The zero-order valence-corrected chi connectivity index (χ0v) is 8.90. The van der Waals surface area contributed by atoms with Crippen LogP contribution in [0.15, 0.2) is 0 Å². The molecule has 3 nitrogen and oxygen atoms in total. The van der Waals surface area contributed by atoms with Crippen molar-refractivity contribution in [3.05, 3.63) is 0 Å². The van der Waals surface area contributed by atoms with Crippen molar-refractivity contribution in [3.63, 3.8) is 0 Å². The van der Waals surface area contributed by atoms with Gasteiger partial charge in [0.2, 0.25) is 5.67 Å². The summed E-state index contributed by atoms with van der Waals surface area (Å²) in [7, 11) is 0. The lowest BCUT2D eigenvalue weighted by molar-refractivity contribution is -0.134. The molecule has 0 aromatic rings. The summed E-state index contributed by atoms with van der Waals surface area (Å²) < 4.78 is 13.9. The molecule has 4 heteroatoms. The summed E-state index contributed by atoms with van der Waals surface area (Å²) in [6.07, 6.45) is 1.07. The first-order valence-electron chi connectivity index (χ1n) is 5.22. The standard InChI is InChI=1S/C10H19FN2O/c1-8(2)6-13-9(14)10(11)4-3-5-12-7-10/h8,12H,3-7H2,1-2H3,(H,13,14)/t10-/m1/s1. The van der Waals surface area contributed by atoms with Crippen molar-refractivity contribution in [1.29, 1.82) is 0 Å². The Morgan fingerprint density at radius 3 is 2.86 bits per heavy atom. The molecule has 0 bridgehead atoms. The fourth-order valence-corrected chi connectivity index (χ4v) is 1.52. The number of nitrogens with one attached hydrogen (secondary N) is 2. The number of carbonyl (C=O) groups is 1. The summed E-state index contributed by atoms with van der Waals surface area (Å²) in [6.45, 7) is 5.49. The molecule has 0 spiro atoms. The van der Waals surface area contributed by atoms with Crippen LogP contribution in [0, 0.1) is 5.92 Å². The monoisotopic (exact) mass is 202 g/mol. The van der Waals surface area contributed by atoms with E-state index in [-0.39, 0.29) is 6.54 Å². The van der Waals surface area contributed by atoms with Crippen LogP contribution in [-0.4, -0.2) is 31.2 Å². The highest BCUT2D eigenvalue weighted by Gasteiger charge is 2.39. The largest absolute Gasteiger partial charge is 0.353 e. The molecule has 1 fully saturated rings. The van der Waals surface area contributed by atoms with Crippen molar-refractivity contribution in [2.75, 3.05) is 19.6 Å². The number of carbonyl (C=O) groups excluding carboxylic acids is 1. The SMILES string of the molecule is CC(C)CNC(=O)[C@@]1(F)CCCNC1. The topological polar surface area (TPSA) is 41.1 Å². The van der Waals surface area contributed by atoms with Gasteiger partial charge in [0.15, 0.2) is 0 Å². The van der Waals surface area contributed by atoms with E-state index in [0.717, 1.165) is 13.0 Å². The van der Waals surface area contributed by atoms with E-state index in [2.05, 4.69) is 10.6 Å². The second kappa shape index (κ2) is 4.73. The van der Waals surface area contributed by atoms with Gasteiger partial charge in [-0.15, -0.1) is 0 Å². The maximum atomic E-state index is 13.9. The molecule has 0 aliphatic carbocycles. The molecule has 82 valence electrons. The average molecular weight is 202 g/mol. The van der Waals surface area contributed by atoms with Gasteiger partial charge in [-0.1, -0.05) is 13.8 Å². The minimum atomic E-state index is -1.69. The minimum Gasteiger partial charge on any atom is -0.353 e. The van der Waals surface area contributed by atoms with Gasteiger partial charge in [0, 0.05) is 13.1 Å². The molecule has 1 saturated heterocycles. The number of halogens is 1. The highest BCUT2D eigenvalue weighted by Crippen LogP contribution is 2.20. The smallest absolute Gasteiger partial charge is 0.259 e. The van der Waals surface area contributed by atoms with Crippen LogP contribution in [-0.2, 0) is 4.79 Å². The van der Waals surface area contributed by atoms with E-state index in [4.69, 9.17) is 0 Å². The van der Waals surface area contributed by atoms with Gasteiger partial charge in [0.25, 0.3) is 5.91 Å². The fraction of sp³-hybridized carbons (Fsp3) is 0.900. The van der Waals surface area contributed by atoms with Gasteiger partial charge in [0.1, 0.15) is 0 Å². The first-order valence-corrected chi connectivity index (χ1v) is 5.22. The van der Waals surface area contributed by atoms with E-state index in [1.807, 2.05) is 13.8 Å². The summed E-state index contributed by atoms with van der Waals surface area (Å²) in [5.41, 5.74) is -1.69. The first-order chi connectivity index (χ1) is 6.54. The Bertz CT molecular complexity index is 200. The molecule has 1 atom stereocenters. The highest BCUT2D eigenvalue weighted by molar-refractivity contribution is 5.85. The predicted molar refractivity (Wildman–Crippen MR) is 53.8 cm³/mol. The highest BCUT2D eigenvalue weighted by atomic mass is 19.1. The Morgan fingerprint density at radius 2 is 2.36 bits per heavy atom. The van der Waals surface area contributed by atoms with Gasteiger partial charge >= 0.3 is 0 Å². The third kappa shape index (κ3) is 2.94. The van der Waals surface area contributed by atoms with Gasteiger partial charge in [-0.25, -0.2) is 4.39 Å². The van der Waals surface area contributed by atoms with Crippen LogP contribution >= 0.6 is 0 Å². The molecule has 0 saturated carbocycles. The quantitative estimate of drug-likeness (QED) is 0.712. The maximum Gasteiger partial charge on any atom is 0.259 e. The van der Waals surface area contributed by atoms with Gasteiger partial charge in [-0.05, 0) is 25.3 Å². The zero-order chi connectivity index (χ0) is 10.6. The molecular formula is C10H19FN2O. The summed E-state index contributed by atoms with van der Waals surface area (Å²) in [5.74, 6) is -0.0995. The number of hydrogen-bond acceptors (Lipinski definition) is 2. The number of alkyl halides is 1. The van der Waals surface area contributed by atoms with Crippen LogP contribution in [0.5, 0.6) is 0 Å². The molecular weight excluding hydrogens is 183 g/mol. The van der Waals surface area contributed by atoms with Crippen molar-refractivity contribution in [2.45, 2.75) is 32.4 Å². The number of hydrogen-bond donors (Lipinski definition) is 2. The van der Waals surface area contributed by atoms with Crippen molar-refractivity contribution < 1.29 is 9.18 Å². The number of piperidine rings is 1. The van der Waals surface area contributed by atoms with Crippen LogP contribution in [0.1, 0.15) is 26.7 Å². The summed E-state index contributed by atoms with van der Waals surface area (Å²) >= 11 is 0. The van der Waals surface area contributed by atoms with E-state index < -0.39 is 11.6 Å². The number of rotatable bonds is 3. The van der Waals surface area contributed by atoms with Crippen molar-refractivity contribution >= 4 is 5.91 Å². The molecule has 1 amide bonds. The van der Waals surface area contributed by atoms with Crippen LogP contribution < -0.4 is 10.6 Å². The minimum absolute atomic E-state index is 0.150. The van der Waals surface area contributed by atoms with E-state index in [1.54, 1.807) is 0 Å². The normalized spacial score (nSPS) is 27.7. The number of amides is 1. The summed E-state index contributed by atoms with van der Waals surface area (Å²) in [4.78, 5) is 11.5. The Balaban J connectivity index is 2.41. The first kappa shape index (κ1) is 11.4. The zero-order valence-electron chi connectivity index (χ0n) is 8.90. The van der Waals surface area contributed by atoms with E-state index in [9.17, 15) is 9.18 Å². The summed E-state index contributed by atoms with van der Waals surface area (Å²) in [6, 6.07) is 0. The lowest BCUT2D eigenvalue weighted by Crippen LogP contribution is -2.53. The third-order valence-corrected chi connectivity index (χ3v) is 2.41. The maximum absolute atomic E-state index is 13.9. The average Bonchev–Trinajstić information content (AvgIpc) is 2.15. The van der Waals surface area contributed by atoms with E-state index in [1.165, 1.54) is 0 Å². The molecule has 1 rings (SSSR count). The molecule has 2 N–H and O–H groups in total. The molecule has 0 radical (unpaired) electrons. The second-order valence-electron chi connectivity index (χ2n) is 4.35. The van der Waals surface area contributed by atoms with Crippen molar-refractivity contribution in [2.24, 2.45) is 5.92 Å². The Hall–Kier alpha value is -0.640. The molecule has 1 aliphatic heterocycles. The van der Waals surface area contributed by atoms with Crippen LogP contribution in [0.25, 0.3) is 0 Å². The van der Waals surface area contributed by atoms with Crippen LogP contribution in [0.4, 0.5) is 4.39 Å². The molecule has 1 heterocycles. The van der Waals surface area contributed by atoms with Crippen molar-refractivity contribution in [1.82, 2.24) is 10.6 Å². The Labute approximate surface area is 84.4 Å². The lowest BCUT2D eigenvalue weighted by Gasteiger charge is -2.29. The predicted octanol–water partition coefficient (Wildman–Crippen LogP) is 0.850. The lowest BCUT2D eigenvalue weighted by atomic mass is 9.95. The molecule has 0 aromatic heterocycles. The molecule has 0 aromatic carbocycles. The third-order valence-electron chi connectivity index (χ3n) is 2.41. The van der Waals surface area contributed by atoms with E-state index >= 15 is 0 Å². The Morgan fingerprint density at radius 1 is 1.64 bits per heavy atom. The van der Waals surface area contributed by atoms with Crippen molar-refractivity contribution in [3.8, 4) is 0 Å². The van der Waals surface area contributed by atoms with Gasteiger partial charge in [-0.3, -0.25) is 4.79 Å². The van der Waals surface area contributed by atoms with Crippen LogP contribution in [0.3, 0.4) is 0 Å². The van der Waals surface area contributed by atoms with Crippen LogP contribution in [0.2, 0.25) is 0 Å². The van der Waals surface area contributed by atoms with E-state index in [0.29, 0.717) is 18.9 Å². The fourth-order valence-electron chi connectivity index (χ4n) is 1.52. The van der Waals surface area contributed by atoms with Gasteiger partial charge in [-0.2, -0.15) is 0 Å². The van der Waals surface area contributed by atoms with Gasteiger partial charge in [0.05, 0.1) is 0 Å². The summed E-state index contributed by atoms with van der Waals surface area (Å²) in [5, 5.41) is 5.55. The Kier molecular flexibility index (Phi) is 3.86. The molecule has 1 aliphatic rings.